The van der Waals surface area contributed by atoms with Gasteiger partial charge >= 0.3 is 0 Å². The van der Waals surface area contributed by atoms with E-state index in [0.717, 1.165) is 5.56 Å². The number of ether oxygens (including phenoxy) is 1. The van der Waals surface area contributed by atoms with Gasteiger partial charge in [-0.3, -0.25) is 9.59 Å². The van der Waals surface area contributed by atoms with Crippen molar-refractivity contribution < 1.29 is 14.3 Å². The van der Waals surface area contributed by atoms with Crippen LogP contribution in [-0.2, 0) is 9.59 Å². The lowest BCUT2D eigenvalue weighted by molar-refractivity contribution is -0.143. The molecule has 0 saturated heterocycles. The quantitative estimate of drug-likeness (QED) is 0.829. The van der Waals surface area contributed by atoms with E-state index in [-0.39, 0.29) is 0 Å². The number of anilines is 2. The van der Waals surface area contributed by atoms with Crippen LogP contribution in [-0.4, -0.2) is 17.4 Å². The molecule has 0 aliphatic carbocycles. The second-order valence-corrected chi connectivity index (χ2v) is 5.91. The summed E-state index contributed by atoms with van der Waals surface area (Å²) in [5.74, 6) is -0.636. The Morgan fingerprint density at radius 2 is 2.00 bits per heavy atom. The van der Waals surface area contributed by atoms with E-state index >= 15 is 0 Å². The number of rotatable bonds is 2. The fraction of sp³-hybridized carbons (Fsp3) is 0.176. The van der Waals surface area contributed by atoms with Gasteiger partial charge < -0.3 is 15.4 Å². The first-order valence-corrected chi connectivity index (χ1v) is 7.45. The number of hydrogen-bond acceptors (Lipinski definition) is 3. The van der Waals surface area contributed by atoms with Crippen molar-refractivity contribution in [1.82, 2.24) is 0 Å². The van der Waals surface area contributed by atoms with Crippen molar-refractivity contribution >= 4 is 34.8 Å². The number of amides is 2. The van der Waals surface area contributed by atoms with Crippen molar-refractivity contribution in [1.29, 1.82) is 0 Å². The van der Waals surface area contributed by atoms with Gasteiger partial charge in [-0.25, -0.2) is 0 Å². The van der Waals surface area contributed by atoms with Crippen LogP contribution in [0.1, 0.15) is 12.5 Å². The molecule has 3 rings (SSSR count). The molecule has 0 fully saturated rings. The van der Waals surface area contributed by atoms with Gasteiger partial charge in [-0.05, 0) is 43.7 Å². The molecule has 6 heteroatoms. The first-order chi connectivity index (χ1) is 10.9. The Kier molecular flexibility index (Phi) is 3.74. The van der Waals surface area contributed by atoms with Crippen LogP contribution in [0.2, 0.25) is 5.02 Å². The Hall–Kier alpha value is -2.53. The lowest BCUT2D eigenvalue weighted by atomic mass is 10.0. The summed E-state index contributed by atoms with van der Waals surface area (Å²) in [7, 11) is 0. The smallest absolute Gasteiger partial charge is 0.278 e. The first kappa shape index (κ1) is 15.4. The van der Waals surface area contributed by atoms with Crippen LogP contribution in [0.5, 0.6) is 5.75 Å². The third kappa shape index (κ3) is 2.75. The fourth-order valence-corrected chi connectivity index (χ4v) is 2.42. The number of hydrogen-bond donors (Lipinski definition) is 2. The Morgan fingerprint density at radius 3 is 2.74 bits per heavy atom. The topological polar surface area (TPSA) is 67.4 Å². The number of carbonyl (C=O) groups is 2. The van der Waals surface area contributed by atoms with Gasteiger partial charge in [0.15, 0.2) is 0 Å². The van der Waals surface area contributed by atoms with E-state index < -0.39 is 17.4 Å². The van der Waals surface area contributed by atoms with E-state index in [1.54, 1.807) is 42.5 Å². The van der Waals surface area contributed by atoms with Crippen LogP contribution < -0.4 is 15.4 Å². The molecule has 2 aromatic rings. The molecule has 1 aliphatic heterocycles. The molecular formula is C17H15ClN2O3. The maximum absolute atomic E-state index is 12.6. The number of aryl methyl sites for hydroxylation is 1. The summed E-state index contributed by atoms with van der Waals surface area (Å²) in [6.45, 7) is 3.30. The summed E-state index contributed by atoms with van der Waals surface area (Å²) < 4.78 is 5.66. The van der Waals surface area contributed by atoms with Gasteiger partial charge in [0.2, 0.25) is 0 Å². The van der Waals surface area contributed by atoms with Crippen LogP contribution in [0.4, 0.5) is 11.4 Å². The molecule has 2 aromatic carbocycles. The molecule has 1 aliphatic rings. The van der Waals surface area contributed by atoms with Crippen LogP contribution in [0, 0.1) is 6.92 Å². The molecule has 118 valence electrons. The second kappa shape index (κ2) is 5.59. The summed E-state index contributed by atoms with van der Waals surface area (Å²) in [5, 5.41) is 5.89. The summed E-state index contributed by atoms with van der Waals surface area (Å²) in [6.07, 6.45) is 0. The van der Waals surface area contributed by atoms with Gasteiger partial charge in [0.05, 0.1) is 5.69 Å². The molecular weight excluding hydrogens is 316 g/mol. The van der Waals surface area contributed by atoms with Crippen LogP contribution in [0.15, 0.2) is 42.5 Å². The average molecular weight is 331 g/mol. The predicted octanol–water partition coefficient (Wildman–Crippen LogP) is 3.38. The zero-order valence-electron chi connectivity index (χ0n) is 12.6. The highest BCUT2D eigenvalue weighted by molar-refractivity contribution is 6.31. The summed E-state index contributed by atoms with van der Waals surface area (Å²) in [4.78, 5) is 24.9. The Morgan fingerprint density at radius 1 is 1.26 bits per heavy atom. The highest BCUT2D eigenvalue weighted by Crippen LogP contribution is 2.34. The lowest BCUT2D eigenvalue weighted by Gasteiger charge is -2.33. The highest BCUT2D eigenvalue weighted by atomic mass is 35.5. The van der Waals surface area contributed by atoms with E-state index in [1.807, 2.05) is 6.92 Å². The molecule has 0 aromatic heterocycles. The van der Waals surface area contributed by atoms with Gasteiger partial charge in [0.1, 0.15) is 5.75 Å². The lowest BCUT2D eigenvalue weighted by Crippen LogP contribution is -2.56. The van der Waals surface area contributed by atoms with Crippen LogP contribution in [0.3, 0.4) is 0 Å². The van der Waals surface area contributed by atoms with E-state index in [2.05, 4.69) is 10.6 Å². The van der Waals surface area contributed by atoms with E-state index in [9.17, 15) is 9.59 Å². The molecule has 23 heavy (non-hydrogen) atoms. The molecule has 5 nitrogen and oxygen atoms in total. The molecule has 1 unspecified atom stereocenters. The number of benzene rings is 2. The minimum atomic E-state index is -1.66. The zero-order valence-corrected chi connectivity index (χ0v) is 13.4. The third-order valence-corrected chi connectivity index (χ3v) is 4.15. The minimum Gasteiger partial charge on any atom is -0.466 e. The van der Waals surface area contributed by atoms with E-state index in [1.165, 1.54) is 6.92 Å². The summed E-state index contributed by atoms with van der Waals surface area (Å²) in [6, 6.07) is 12.1. The van der Waals surface area contributed by atoms with E-state index in [0.29, 0.717) is 22.1 Å². The molecule has 0 bridgehead atoms. The van der Waals surface area contributed by atoms with Crippen molar-refractivity contribution in [2.75, 3.05) is 10.6 Å². The highest BCUT2D eigenvalue weighted by Gasteiger charge is 2.47. The zero-order chi connectivity index (χ0) is 16.6. The van der Waals surface area contributed by atoms with Crippen LogP contribution >= 0.6 is 11.6 Å². The molecule has 2 N–H and O–H groups in total. The van der Waals surface area contributed by atoms with Crippen molar-refractivity contribution in [3.8, 4) is 5.75 Å². The fourth-order valence-electron chi connectivity index (χ4n) is 2.24. The van der Waals surface area contributed by atoms with Crippen molar-refractivity contribution in [3.63, 3.8) is 0 Å². The maximum atomic E-state index is 12.6. The monoisotopic (exact) mass is 330 g/mol. The predicted molar refractivity (Wildman–Crippen MR) is 88.9 cm³/mol. The Balaban J connectivity index is 1.86. The SMILES string of the molecule is Cc1ccc(NC(=O)C2(C)Oc3ccccc3NC2=O)cc1Cl. The van der Waals surface area contributed by atoms with Gasteiger partial charge in [-0.15, -0.1) is 0 Å². The van der Waals surface area contributed by atoms with Gasteiger partial charge in [-0.1, -0.05) is 29.8 Å². The molecule has 0 radical (unpaired) electrons. The van der Waals surface area contributed by atoms with Crippen LogP contribution in [0.25, 0.3) is 0 Å². The largest absolute Gasteiger partial charge is 0.466 e. The van der Waals surface area contributed by atoms with Gasteiger partial charge in [0.25, 0.3) is 17.4 Å². The molecule has 1 heterocycles. The average Bonchev–Trinajstić information content (AvgIpc) is 2.52. The Labute approximate surface area is 138 Å². The number of carbonyl (C=O) groups excluding carboxylic acids is 2. The molecule has 0 spiro atoms. The minimum absolute atomic E-state index is 0.451. The maximum Gasteiger partial charge on any atom is 0.278 e. The Bertz CT molecular complexity index is 806. The first-order valence-electron chi connectivity index (χ1n) is 7.07. The number of halogens is 1. The number of nitrogens with one attached hydrogen (secondary N) is 2. The number of fused-ring (bicyclic) bond motifs is 1. The molecule has 1 atom stereocenters. The normalized spacial score (nSPS) is 19.3. The summed E-state index contributed by atoms with van der Waals surface area (Å²) >= 11 is 6.05. The summed E-state index contributed by atoms with van der Waals surface area (Å²) in [5.41, 5.74) is 0.283. The molecule has 0 saturated carbocycles. The number of para-hydroxylation sites is 2. The van der Waals surface area contributed by atoms with E-state index in [4.69, 9.17) is 16.3 Å². The van der Waals surface area contributed by atoms with Crippen molar-refractivity contribution in [2.45, 2.75) is 19.4 Å². The standard InChI is InChI=1S/C17H15ClN2O3/c1-10-7-8-11(9-12(10)18)19-15(21)17(2)16(22)20-13-5-3-4-6-14(13)23-17/h3-9H,1-2H3,(H,19,21)(H,20,22). The van der Waals surface area contributed by atoms with Gasteiger partial charge in [0, 0.05) is 10.7 Å². The third-order valence-electron chi connectivity index (χ3n) is 3.75. The second-order valence-electron chi connectivity index (χ2n) is 5.50. The van der Waals surface area contributed by atoms with Gasteiger partial charge in [-0.2, -0.15) is 0 Å². The van der Waals surface area contributed by atoms with Crippen molar-refractivity contribution in [2.24, 2.45) is 0 Å². The van der Waals surface area contributed by atoms with Crippen molar-refractivity contribution in [3.05, 3.63) is 53.1 Å². The molecule has 2 amide bonds.